The molecule has 4 rings (SSSR count). The first-order valence-electron chi connectivity index (χ1n) is 10.1. The van der Waals surface area contributed by atoms with Gasteiger partial charge in [-0.1, -0.05) is 12.1 Å². The quantitative estimate of drug-likeness (QED) is 0.514. The minimum atomic E-state index is -0.366. The average Bonchev–Trinajstić information content (AvgIpc) is 3.43. The average molecular weight is 456 g/mol. The van der Waals surface area contributed by atoms with Gasteiger partial charge in [0.1, 0.15) is 17.7 Å². The lowest BCUT2D eigenvalue weighted by molar-refractivity contribution is -0.123. The zero-order valence-corrected chi connectivity index (χ0v) is 18.5. The van der Waals surface area contributed by atoms with E-state index >= 15 is 0 Å². The molecule has 2 heterocycles. The van der Waals surface area contributed by atoms with Crippen molar-refractivity contribution in [2.24, 2.45) is 0 Å². The van der Waals surface area contributed by atoms with Gasteiger partial charge < -0.3 is 19.5 Å². The molecule has 6 nitrogen and oxygen atoms in total. The number of fused-ring (bicyclic) bond motifs is 1. The second kappa shape index (κ2) is 9.40. The highest BCUT2D eigenvalue weighted by Gasteiger charge is 2.28. The highest BCUT2D eigenvalue weighted by Crippen LogP contribution is 2.42. The van der Waals surface area contributed by atoms with E-state index in [2.05, 4.69) is 5.32 Å². The number of hydrogen-bond acceptors (Lipinski definition) is 6. The summed E-state index contributed by atoms with van der Waals surface area (Å²) in [5.41, 5.74) is 1.35. The Morgan fingerprint density at radius 1 is 1.19 bits per heavy atom. The van der Waals surface area contributed by atoms with Crippen molar-refractivity contribution in [3.63, 3.8) is 0 Å². The molecule has 0 bridgehead atoms. The van der Waals surface area contributed by atoms with E-state index in [9.17, 15) is 14.0 Å². The molecule has 0 spiro atoms. The molecule has 1 aliphatic heterocycles. The Hall–Kier alpha value is -3.39. The summed E-state index contributed by atoms with van der Waals surface area (Å²) in [7, 11) is 1.53. The number of benzene rings is 2. The van der Waals surface area contributed by atoms with Crippen molar-refractivity contribution in [3.05, 3.63) is 64.8 Å². The molecule has 0 fully saturated rings. The molecule has 2 aromatic carbocycles. The van der Waals surface area contributed by atoms with Crippen molar-refractivity contribution in [1.82, 2.24) is 5.32 Å². The normalized spacial score (nSPS) is 14.4. The van der Waals surface area contributed by atoms with E-state index in [0.717, 1.165) is 10.4 Å². The summed E-state index contributed by atoms with van der Waals surface area (Å²) in [6, 6.07) is 13.5. The number of carbonyl (C=O) groups is 2. The Kier molecular flexibility index (Phi) is 6.41. The number of rotatable bonds is 8. The lowest BCUT2D eigenvalue weighted by Gasteiger charge is -2.14. The molecule has 0 radical (unpaired) electrons. The highest BCUT2D eigenvalue weighted by atomic mass is 32.1. The van der Waals surface area contributed by atoms with Crippen LogP contribution in [0.2, 0.25) is 0 Å². The SMILES string of the molecule is COc1ccccc1OCC(=O)NC[C@H]1Cc2cc(F)cc(-c3ccc(C(C)=O)s3)c2O1. The van der Waals surface area contributed by atoms with E-state index in [1.54, 1.807) is 30.3 Å². The zero-order valence-electron chi connectivity index (χ0n) is 17.6. The second-order valence-corrected chi connectivity index (χ2v) is 8.43. The third-order valence-electron chi connectivity index (χ3n) is 5.04. The molecule has 1 aromatic heterocycles. The molecule has 0 saturated heterocycles. The Bertz CT molecular complexity index is 1160. The number of para-hydroxylation sites is 2. The number of ether oxygens (including phenoxy) is 3. The predicted octanol–water partition coefficient (Wildman–Crippen LogP) is 4.26. The van der Waals surface area contributed by atoms with Crippen LogP contribution in [0.25, 0.3) is 10.4 Å². The van der Waals surface area contributed by atoms with Crippen LogP contribution >= 0.6 is 11.3 Å². The number of amides is 1. The van der Waals surface area contributed by atoms with Crippen LogP contribution in [-0.4, -0.2) is 38.1 Å². The van der Waals surface area contributed by atoms with Gasteiger partial charge in [-0.3, -0.25) is 9.59 Å². The smallest absolute Gasteiger partial charge is 0.258 e. The number of hydrogen-bond donors (Lipinski definition) is 1. The van der Waals surface area contributed by atoms with Gasteiger partial charge in [-0.2, -0.15) is 0 Å². The molecular formula is C24H22FNO5S. The number of carbonyl (C=O) groups excluding carboxylic acids is 2. The van der Waals surface area contributed by atoms with Gasteiger partial charge in [-0.15, -0.1) is 11.3 Å². The number of Topliss-reactive ketones (excluding diaryl/α,β-unsaturated/α-hetero) is 1. The van der Waals surface area contributed by atoms with Crippen LogP contribution in [0.4, 0.5) is 4.39 Å². The molecule has 1 aliphatic rings. The van der Waals surface area contributed by atoms with Gasteiger partial charge in [0.15, 0.2) is 23.9 Å². The fraction of sp³-hybridized carbons (Fsp3) is 0.250. The van der Waals surface area contributed by atoms with Gasteiger partial charge in [0.05, 0.1) is 18.5 Å². The van der Waals surface area contributed by atoms with Gasteiger partial charge in [0.25, 0.3) is 5.91 Å². The second-order valence-electron chi connectivity index (χ2n) is 7.35. The predicted molar refractivity (Wildman–Crippen MR) is 119 cm³/mol. The first-order valence-corrected chi connectivity index (χ1v) is 10.9. The Morgan fingerprint density at radius 3 is 2.69 bits per heavy atom. The molecule has 1 N–H and O–H groups in total. The Morgan fingerprint density at radius 2 is 1.97 bits per heavy atom. The Labute approximate surface area is 188 Å². The fourth-order valence-corrected chi connectivity index (χ4v) is 4.44. The molecule has 3 aromatic rings. The van der Waals surface area contributed by atoms with Crippen molar-refractivity contribution in [3.8, 4) is 27.7 Å². The maximum absolute atomic E-state index is 14.2. The molecule has 0 unspecified atom stereocenters. The summed E-state index contributed by atoms with van der Waals surface area (Å²) in [6.07, 6.45) is 0.145. The van der Waals surface area contributed by atoms with E-state index in [1.807, 2.05) is 6.07 Å². The van der Waals surface area contributed by atoms with E-state index in [-0.39, 0.29) is 36.8 Å². The van der Waals surface area contributed by atoms with Gasteiger partial charge in [-0.05, 0) is 43.3 Å². The molecule has 0 aliphatic carbocycles. The maximum Gasteiger partial charge on any atom is 0.258 e. The third kappa shape index (κ3) is 4.75. The zero-order chi connectivity index (χ0) is 22.7. The summed E-state index contributed by atoms with van der Waals surface area (Å²) >= 11 is 1.30. The third-order valence-corrected chi connectivity index (χ3v) is 6.26. The molecule has 1 atom stereocenters. The van der Waals surface area contributed by atoms with Crippen molar-refractivity contribution < 1.29 is 28.2 Å². The fourth-order valence-electron chi connectivity index (χ4n) is 3.52. The summed E-state index contributed by atoms with van der Waals surface area (Å²) < 4.78 is 31.0. The van der Waals surface area contributed by atoms with E-state index in [1.165, 1.54) is 37.5 Å². The monoisotopic (exact) mass is 455 g/mol. The Balaban J connectivity index is 1.38. The van der Waals surface area contributed by atoms with Gasteiger partial charge in [-0.25, -0.2) is 4.39 Å². The molecule has 166 valence electrons. The van der Waals surface area contributed by atoms with Crippen molar-refractivity contribution >= 4 is 23.0 Å². The largest absolute Gasteiger partial charge is 0.493 e. The van der Waals surface area contributed by atoms with Gasteiger partial charge >= 0.3 is 0 Å². The summed E-state index contributed by atoms with van der Waals surface area (Å²) in [6.45, 7) is 1.59. The lowest BCUT2D eigenvalue weighted by Crippen LogP contribution is -2.37. The standard InChI is InChI=1S/C24H22FNO5S/c1-14(27)21-7-8-22(32-21)18-11-16(25)9-15-10-17(31-24(15)18)12-26-23(28)13-30-20-6-4-3-5-19(20)29-2/h3-9,11,17H,10,12-13H2,1-2H3,(H,26,28)/t17-/m1/s1. The van der Waals surface area contributed by atoms with Crippen LogP contribution in [0.3, 0.4) is 0 Å². The van der Waals surface area contributed by atoms with Crippen molar-refractivity contribution in [1.29, 1.82) is 0 Å². The molecule has 8 heteroatoms. The van der Waals surface area contributed by atoms with Crippen LogP contribution in [-0.2, 0) is 11.2 Å². The number of ketones is 1. The minimum Gasteiger partial charge on any atom is -0.493 e. The number of methoxy groups -OCH3 is 1. The topological polar surface area (TPSA) is 73.9 Å². The minimum absolute atomic E-state index is 0.0360. The van der Waals surface area contributed by atoms with Crippen molar-refractivity contribution in [2.45, 2.75) is 19.4 Å². The number of nitrogens with one attached hydrogen (secondary N) is 1. The maximum atomic E-state index is 14.2. The molecule has 32 heavy (non-hydrogen) atoms. The van der Waals surface area contributed by atoms with Crippen molar-refractivity contribution in [2.75, 3.05) is 20.3 Å². The van der Waals surface area contributed by atoms with E-state index in [0.29, 0.717) is 34.1 Å². The first-order chi connectivity index (χ1) is 15.4. The van der Waals surface area contributed by atoms with E-state index in [4.69, 9.17) is 14.2 Å². The first kappa shape index (κ1) is 21.8. The number of halogens is 1. The van der Waals surface area contributed by atoms with Gasteiger partial charge in [0, 0.05) is 22.4 Å². The van der Waals surface area contributed by atoms with Crippen LogP contribution in [0, 0.1) is 5.82 Å². The van der Waals surface area contributed by atoms with Crippen LogP contribution in [0.1, 0.15) is 22.2 Å². The van der Waals surface area contributed by atoms with Crippen LogP contribution < -0.4 is 19.5 Å². The summed E-state index contributed by atoms with van der Waals surface area (Å²) in [5, 5.41) is 2.79. The van der Waals surface area contributed by atoms with Crippen LogP contribution in [0.5, 0.6) is 17.2 Å². The molecule has 1 amide bonds. The number of thiophene rings is 1. The van der Waals surface area contributed by atoms with E-state index < -0.39 is 0 Å². The van der Waals surface area contributed by atoms with Gasteiger partial charge in [0.2, 0.25) is 0 Å². The molecule has 0 saturated carbocycles. The molecular weight excluding hydrogens is 433 g/mol. The highest BCUT2D eigenvalue weighted by molar-refractivity contribution is 7.17. The lowest BCUT2D eigenvalue weighted by atomic mass is 10.0. The summed E-state index contributed by atoms with van der Waals surface area (Å²) in [5.74, 6) is 0.918. The summed E-state index contributed by atoms with van der Waals surface area (Å²) in [4.78, 5) is 25.2. The van der Waals surface area contributed by atoms with Crippen LogP contribution in [0.15, 0.2) is 48.5 Å².